The van der Waals surface area contributed by atoms with Crippen LogP contribution in [0.1, 0.15) is 77.6 Å². The predicted octanol–water partition coefficient (Wildman–Crippen LogP) is 4.99. The lowest BCUT2D eigenvalue weighted by Gasteiger charge is -2.27. The monoisotopic (exact) mass is 256 g/mol. The number of hydrogen-bond acceptors (Lipinski definition) is 2. The summed E-state index contributed by atoms with van der Waals surface area (Å²) in [6, 6.07) is 0. The normalized spacial score (nSPS) is 23.8. The first-order valence-corrected chi connectivity index (χ1v) is 7.62. The van der Waals surface area contributed by atoms with Crippen molar-refractivity contribution in [2.24, 2.45) is 5.92 Å². The van der Waals surface area contributed by atoms with Gasteiger partial charge in [-0.15, -0.1) is 0 Å². The third kappa shape index (κ3) is 6.87. The quantitative estimate of drug-likeness (QED) is 0.491. The van der Waals surface area contributed by atoms with Crippen molar-refractivity contribution in [3.8, 4) is 0 Å². The zero-order valence-corrected chi connectivity index (χ0v) is 11.7. The average Bonchev–Trinajstić information content (AvgIpc) is 2.35. The smallest absolute Gasteiger partial charge is 0.450 e. The average molecular weight is 256 g/mol. The van der Waals surface area contributed by atoms with Crippen LogP contribution in [0.25, 0.3) is 0 Å². The van der Waals surface area contributed by atoms with E-state index in [0.717, 1.165) is 31.6 Å². The summed E-state index contributed by atoms with van der Waals surface area (Å²) in [4.78, 5) is 10.4. The minimum Gasteiger partial charge on any atom is -0.450 e. The molecule has 0 atom stereocenters. The van der Waals surface area contributed by atoms with E-state index in [4.69, 9.17) is 9.84 Å². The SMILES string of the molecule is CCCCCCCCC1CCC(OC(=O)O)CC1. The van der Waals surface area contributed by atoms with E-state index in [1.165, 1.54) is 44.9 Å². The maximum absolute atomic E-state index is 10.4. The van der Waals surface area contributed by atoms with Gasteiger partial charge in [-0.25, -0.2) is 4.79 Å². The van der Waals surface area contributed by atoms with Crippen LogP contribution < -0.4 is 0 Å². The molecule has 18 heavy (non-hydrogen) atoms. The second-order valence-electron chi connectivity index (χ2n) is 5.58. The van der Waals surface area contributed by atoms with Crippen molar-refractivity contribution < 1.29 is 14.6 Å². The van der Waals surface area contributed by atoms with E-state index in [-0.39, 0.29) is 6.10 Å². The van der Waals surface area contributed by atoms with Gasteiger partial charge in [0.1, 0.15) is 6.10 Å². The van der Waals surface area contributed by atoms with Gasteiger partial charge < -0.3 is 9.84 Å². The molecule has 0 radical (unpaired) electrons. The van der Waals surface area contributed by atoms with Gasteiger partial charge in [0.05, 0.1) is 0 Å². The molecule has 3 nitrogen and oxygen atoms in total. The number of ether oxygens (including phenoxy) is 1. The fraction of sp³-hybridized carbons (Fsp3) is 0.933. The molecule has 0 aromatic rings. The molecule has 1 aliphatic rings. The molecule has 0 spiro atoms. The van der Waals surface area contributed by atoms with Crippen molar-refractivity contribution >= 4 is 6.16 Å². The Bertz CT molecular complexity index is 220. The zero-order chi connectivity index (χ0) is 13.2. The van der Waals surface area contributed by atoms with Gasteiger partial charge in [0.2, 0.25) is 0 Å². The molecule has 0 amide bonds. The van der Waals surface area contributed by atoms with Crippen LogP contribution in [-0.2, 0) is 4.74 Å². The van der Waals surface area contributed by atoms with Crippen molar-refractivity contribution in [1.29, 1.82) is 0 Å². The molecule has 0 aliphatic heterocycles. The fourth-order valence-electron chi connectivity index (χ4n) is 2.89. The summed E-state index contributed by atoms with van der Waals surface area (Å²) in [6.07, 6.45) is 12.5. The van der Waals surface area contributed by atoms with E-state index in [2.05, 4.69) is 6.92 Å². The largest absolute Gasteiger partial charge is 0.506 e. The highest BCUT2D eigenvalue weighted by Crippen LogP contribution is 2.30. The Balaban J connectivity index is 1.97. The molecule has 0 unspecified atom stereocenters. The van der Waals surface area contributed by atoms with Crippen LogP contribution in [0, 0.1) is 5.92 Å². The topological polar surface area (TPSA) is 46.5 Å². The molecule has 3 heteroatoms. The molecule has 0 aromatic heterocycles. The number of carboxylic acid groups (broad SMARTS) is 1. The van der Waals surface area contributed by atoms with Crippen LogP contribution in [0.3, 0.4) is 0 Å². The third-order valence-corrected chi connectivity index (χ3v) is 4.03. The minimum atomic E-state index is -1.12. The molecular weight excluding hydrogens is 228 g/mol. The van der Waals surface area contributed by atoms with Crippen molar-refractivity contribution in [3.63, 3.8) is 0 Å². The van der Waals surface area contributed by atoms with Crippen LogP contribution in [0.15, 0.2) is 0 Å². The lowest BCUT2D eigenvalue weighted by atomic mass is 9.84. The molecule has 1 saturated carbocycles. The first-order chi connectivity index (χ1) is 8.72. The second-order valence-corrected chi connectivity index (χ2v) is 5.58. The first-order valence-electron chi connectivity index (χ1n) is 7.62. The Kier molecular flexibility index (Phi) is 7.86. The number of carbonyl (C=O) groups is 1. The Morgan fingerprint density at radius 1 is 1.06 bits per heavy atom. The van der Waals surface area contributed by atoms with Crippen molar-refractivity contribution in [2.75, 3.05) is 0 Å². The fourth-order valence-corrected chi connectivity index (χ4v) is 2.89. The number of unbranched alkanes of at least 4 members (excludes halogenated alkanes) is 5. The molecule has 1 N–H and O–H groups in total. The molecule has 0 saturated heterocycles. The van der Waals surface area contributed by atoms with Crippen LogP contribution in [0.5, 0.6) is 0 Å². The Morgan fingerprint density at radius 3 is 2.28 bits per heavy atom. The van der Waals surface area contributed by atoms with Gasteiger partial charge in [0.15, 0.2) is 0 Å². The summed E-state index contributed by atoms with van der Waals surface area (Å²) in [7, 11) is 0. The molecular formula is C15H28O3. The van der Waals surface area contributed by atoms with Gasteiger partial charge in [-0.05, 0) is 31.6 Å². The molecule has 1 fully saturated rings. The maximum atomic E-state index is 10.4. The first kappa shape index (κ1) is 15.3. The predicted molar refractivity (Wildman–Crippen MR) is 72.8 cm³/mol. The van der Waals surface area contributed by atoms with Crippen LogP contribution >= 0.6 is 0 Å². The molecule has 106 valence electrons. The molecule has 0 heterocycles. The standard InChI is InChI=1S/C15H28O3/c1-2-3-4-5-6-7-8-13-9-11-14(12-10-13)18-15(16)17/h13-14H,2-12H2,1H3,(H,16,17). The van der Waals surface area contributed by atoms with E-state index in [9.17, 15) is 4.79 Å². The minimum absolute atomic E-state index is 0.0386. The van der Waals surface area contributed by atoms with Crippen molar-refractivity contribution in [3.05, 3.63) is 0 Å². The van der Waals surface area contributed by atoms with Crippen LogP contribution in [0.4, 0.5) is 4.79 Å². The van der Waals surface area contributed by atoms with E-state index in [1.807, 2.05) is 0 Å². The summed E-state index contributed by atoms with van der Waals surface area (Å²) in [5.74, 6) is 0.810. The summed E-state index contributed by atoms with van der Waals surface area (Å²) >= 11 is 0. The highest BCUT2D eigenvalue weighted by molar-refractivity contribution is 5.57. The Hall–Kier alpha value is -0.730. The second kappa shape index (κ2) is 9.23. The van der Waals surface area contributed by atoms with Gasteiger partial charge in [-0.3, -0.25) is 0 Å². The molecule has 0 aromatic carbocycles. The summed E-state index contributed by atoms with van der Waals surface area (Å²) in [5, 5.41) is 8.55. The Morgan fingerprint density at radius 2 is 1.67 bits per heavy atom. The third-order valence-electron chi connectivity index (χ3n) is 4.03. The summed E-state index contributed by atoms with van der Waals surface area (Å²) in [5.41, 5.74) is 0. The maximum Gasteiger partial charge on any atom is 0.506 e. The van der Waals surface area contributed by atoms with Crippen LogP contribution in [-0.4, -0.2) is 17.4 Å². The highest BCUT2D eigenvalue weighted by Gasteiger charge is 2.23. The van der Waals surface area contributed by atoms with E-state index < -0.39 is 6.16 Å². The van der Waals surface area contributed by atoms with Gasteiger partial charge >= 0.3 is 6.16 Å². The van der Waals surface area contributed by atoms with E-state index in [0.29, 0.717) is 0 Å². The summed E-state index contributed by atoms with van der Waals surface area (Å²) < 4.78 is 4.83. The highest BCUT2D eigenvalue weighted by atomic mass is 16.7. The van der Waals surface area contributed by atoms with E-state index >= 15 is 0 Å². The molecule has 0 bridgehead atoms. The van der Waals surface area contributed by atoms with Gasteiger partial charge in [0, 0.05) is 0 Å². The Labute approximate surface area is 111 Å². The van der Waals surface area contributed by atoms with Crippen molar-refractivity contribution in [1.82, 2.24) is 0 Å². The summed E-state index contributed by atoms with van der Waals surface area (Å²) in [6.45, 7) is 2.25. The lowest BCUT2D eigenvalue weighted by molar-refractivity contribution is 0.0275. The van der Waals surface area contributed by atoms with Crippen molar-refractivity contribution in [2.45, 2.75) is 83.7 Å². The van der Waals surface area contributed by atoms with Gasteiger partial charge in [-0.2, -0.15) is 0 Å². The van der Waals surface area contributed by atoms with Gasteiger partial charge in [-0.1, -0.05) is 51.9 Å². The lowest BCUT2D eigenvalue weighted by Crippen LogP contribution is -2.23. The number of rotatable bonds is 8. The zero-order valence-electron chi connectivity index (χ0n) is 11.7. The van der Waals surface area contributed by atoms with Gasteiger partial charge in [0.25, 0.3) is 0 Å². The molecule has 1 aliphatic carbocycles. The number of hydrogen-bond donors (Lipinski definition) is 1. The molecule has 1 rings (SSSR count). The van der Waals surface area contributed by atoms with Crippen LogP contribution in [0.2, 0.25) is 0 Å². The van der Waals surface area contributed by atoms with E-state index in [1.54, 1.807) is 0 Å².